The Morgan fingerprint density at radius 1 is 1.16 bits per heavy atom. The van der Waals surface area contributed by atoms with E-state index in [2.05, 4.69) is 15.0 Å². The van der Waals surface area contributed by atoms with Gasteiger partial charge in [-0.15, -0.1) is 0 Å². The summed E-state index contributed by atoms with van der Waals surface area (Å²) in [7, 11) is 0. The first kappa shape index (κ1) is 17.1. The fourth-order valence-electron chi connectivity index (χ4n) is 2.40. The van der Waals surface area contributed by atoms with Gasteiger partial charge in [-0.2, -0.15) is 8.78 Å². The van der Waals surface area contributed by atoms with Gasteiger partial charge in [0, 0.05) is 17.5 Å². The number of carbonyl (C=O) groups excluding carboxylic acids is 1. The topological polar surface area (TPSA) is 51.2 Å². The summed E-state index contributed by atoms with van der Waals surface area (Å²) < 4.78 is 29.3. The fraction of sp³-hybridized carbons (Fsp3) is 0.111. The second kappa shape index (κ2) is 7.44. The number of hydrogen-bond donors (Lipinski definition) is 1. The molecule has 0 unspecified atom stereocenters. The van der Waals surface area contributed by atoms with Crippen molar-refractivity contribution in [3.05, 3.63) is 71.0 Å². The molecule has 25 heavy (non-hydrogen) atoms. The Bertz CT molecular complexity index is 918. The molecule has 0 fully saturated rings. The zero-order valence-electron chi connectivity index (χ0n) is 12.9. The first-order valence-corrected chi connectivity index (χ1v) is 7.78. The maximum absolute atomic E-state index is 12.4. The van der Waals surface area contributed by atoms with Crippen molar-refractivity contribution in [1.29, 1.82) is 0 Å². The van der Waals surface area contributed by atoms with Crippen LogP contribution in [-0.2, 0) is 6.54 Å². The maximum Gasteiger partial charge on any atom is 0.387 e. The van der Waals surface area contributed by atoms with E-state index in [0.29, 0.717) is 5.56 Å². The number of nitrogens with zero attached hydrogens (tertiary/aromatic N) is 1. The van der Waals surface area contributed by atoms with Crippen LogP contribution in [-0.4, -0.2) is 17.5 Å². The third-order valence-electron chi connectivity index (χ3n) is 3.55. The maximum atomic E-state index is 12.4. The smallest absolute Gasteiger partial charge is 0.387 e. The number of rotatable bonds is 5. The average molecular weight is 363 g/mol. The number of ether oxygens (including phenoxy) is 1. The van der Waals surface area contributed by atoms with Crippen molar-refractivity contribution in [3.63, 3.8) is 0 Å². The second-order valence-corrected chi connectivity index (χ2v) is 5.55. The van der Waals surface area contributed by atoms with E-state index in [1.807, 2.05) is 24.3 Å². The number of benzene rings is 2. The molecule has 0 aliphatic heterocycles. The Balaban J connectivity index is 1.77. The van der Waals surface area contributed by atoms with Crippen molar-refractivity contribution in [2.75, 3.05) is 0 Å². The van der Waals surface area contributed by atoms with Crippen LogP contribution in [0.15, 0.2) is 54.6 Å². The molecule has 1 aromatic heterocycles. The minimum Gasteiger partial charge on any atom is -0.434 e. The number of nitrogens with one attached hydrogen (secondary N) is 1. The number of amides is 1. The molecule has 0 aliphatic rings. The van der Waals surface area contributed by atoms with Crippen LogP contribution in [0, 0.1) is 0 Å². The molecular weight excluding hydrogens is 350 g/mol. The number of fused-ring (bicyclic) bond motifs is 1. The van der Waals surface area contributed by atoms with Crippen LogP contribution in [0.1, 0.15) is 16.1 Å². The highest BCUT2D eigenvalue weighted by Gasteiger charge is 2.13. The van der Waals surface area contributed by atoms with E-state index in [1.54, 1.807) is 24.3 Å². The highest BCUT2D eigenvalue weighted by molar-refractivity contribution is 6.34. The highest BCUT2D eigenvalue weighted by Crippen LogP contribution is 2.23. The molecule has 2 aromatic carbocycles. The Morgan fingerprint density at radius 3 is 2.68 bits per heavy atom. The van der Waals surface area contributed by atoms with E-state index < -0.39 is 12.5 Å². The predicted molar refractivity (Wildman–Crippen MR) is 91.0 cm³/mol. The third kappa shape index (κ3) is 4.03. The van der Waals surface area contributed by atoms with E-state index in [4.69, 9.17) is 11.6 Å². The Hall–Kier alpha value is -2.73. The Morgan fingerprint density at radius 2 is 1.88 bits per heavy atom. The molecule has 3 aromatic rings. The molecule has 0 bridgehead atoms. The van der Waals surface area contributed by atoms with Gasteiger partial charge < -0.3 is 10.1 Å². The van der Waals surface area contributed by atoms with E-state index in [-0.39, 0.29) is 23.1 Å². The number of aromatic nitrogens is 1. The van der Waals surface area contributed by atoms with Gasteiger partial charge in [-0.1, -0.05) is 54.1 Å². The molecule has 0 aliphatic carbocycles. The molecule has 0 atom stereocenters. The Labute approximate surface area is 147 Å². The highest BCUT2D eigenvalue weighted by atomic mass is 35.5. The van der Waals surface area contributed by atoms with Crippen molar-refractivity contribution in [3.8, 4) is 5.75 Å². The minimum absolute atomic E-state index is 0.0160. The number of alkyl halides is 2. The molecule has 0 saturated heterocycles. The second-order valence-electron chi connectivity index (χ2n) is 5.19. The van der Waals surface area contributed by atoms with E-state index in [9.17, 15) is 13.6 Å². The van der Waals surface area contributed by atoms with Gasteiger partial charge in [-0.05, 0) is 17.5 Å². The zero-order chi connectivity index (χ0) is 17.8. The molecule has 3 rings (SSSR count). The van der Waals surface area contributed by atoms with Crippen molar-refractivity contribution in [1.82, 2.24) is 10.3 Å². The van der Waals surface area contributed by atoms with Gasteiger partial charge in [0.1, 0.15) is 16.6 Å². The summed E-state index contributed by atoms with van der Waals surface area (Å²) in [4.78, 5) is 16.4. The van der Waals surface area contributed by atoms with Crippen LogP contribution in [0.25, 0.3) is 10.8 Å². The molecule has 0 spiro atoms. The van der Waals surface area contributed by atoms with Crippen LogP contribution in [0.2, 0.25) is 5.15 Å². The van der Waals surface area contributed by atoms with Gasteiger partial charge in [0.2, 0.25) is 0 Å². The number of carbonyl (C=O) groups is 1. The molecule has 0 radical (unpaired) electrons. The van der Waals surface area contributed by atoms with Gasteiger partial charge in [0.15, 0.2) is 0 Å². The lowest BCUT2D eigenvalue weighted by atomic mass is 10.1. The average Bonchev–Trinajstić information content (AvgIpc) is 2.60. The fourth-order valence-corrected chi connectivity index (χ4v) is 2.66. The molecule has 7 heteroatoms. The lowest BCUT2D eigenvalue weighted by Crippen LogP contribution is -2.24. The van der Waals surface area contributed by atoms with Crippen molar-refractivity contribution >= 4 is 28.3 Å². The van der Waals surface area contributed by atoms with E-state index in [1.165, 1.54) is 6.07 Å². The summed E-state index contributed by atoms with van der Waals surface area (Å²) in [5, 5.41) is 4.40. The van der Waals surface area contributed by atoms with Gasteiger partial charge in [-0.3, -0.25) is 4.79 Å². The summed E-state index contributed by atoms with van der Waals surface area (Å²) in [5.74, 6) is -0.443. The number of para-hydroxylation sites is 1. The van der Waals surface area contributed by atoms with Crippen molar-refractivity contribution in [2.24, 2.45) is 0 Å². The summed E-state index contributed by atoms with van der Waals surface area (Å²) in [6.45, 7) is -2.91. The molecular formula is C18H13ClF2N2O2. The Kier molecular flexibility index (Phi) is 5.09. The van der Waals surface area contributed by atoms with Crippen molar-refractivity contribution < 1.29 is 18.3 Å². The molecule has 1 amide bonds. The van der Waals surface area contributed by atoms with Crippen LogP contribution in [0.4, 0.5) is 8.78 Å². The summed E-state index contributed by atoms with van der Waals surface area (Å²) in [6.07, 6.45) is 0. The summed E-state index contributed by atoms with van der Waals surface area (Å²) >= 11 is 6.11. The standard InChI is InChI=1S/C18H13ClF2N2O2/c19-16-13-7-3-1-5-11(13)9-14(23-16)17(24)22-10-12-6-2-4-8-15(12)25-18(20)21/h1-9,18H,10H2,(H,22,24). The monoisotopic (exact) mass is 362 g/mol. The van der Waals surface area contributed by atoms with Gasteiger partial charge in [0.25, 0.3) is 5.91 Å². The lowest BCUT2D eigenvalue weighted by molar-refractivity contribution is -0.0504. The molecule has 0 saturated carbocycles. The SMILES string of the molecule is O=C(NCc1ccccc1OC(F)F)c1cc2ccccc2c(Cl)n1. The van der Waals surface area contributed by atoms with E-state index >= 15 is 0 Å². The molecule has 1 N–H and O–H groups in total. The van der Waals surface area contributed by atoms with Gasteiger partial charge in [-0.25, -0.2) is 4.98 Å². The summed E-state index contributed by atoms with van der Waals surface area (Å²) in [6, 6.07) is 15.2. The first-order valence-electron chi connectivity index (χ1n) is 7.41. The largest absolute Gasteiger partial charge is 0.434 e. The summed E-state index contributed by atoms with van der Waals surface area (Å²) in [5.41, 5.74) is 0.582. The van der Waals surface area contributed by atoms with Crippen molar-refractivity contribution in [2.45, 2.75) is 13.2 Å². The van der Waals surface area contributed by atoms with Crippen LogP contribution in [0.3, 0.4) is 0 Å². The number of halogens is 3. The van der Waals surface area contributed by atoms with E-state index in [0.717, 1.165) is 10.8 Å². The quantitative estimate of drug-likeness (QED) is 0.683. The predicted octanol–water partition coefficient (Wildman–Crippen LogP) is 4.42. The van der Waals surface area contributed by atoms with Crippen LogP contribution >= 0.6 is 11.6 Å². The zero-order valence-corrected chi connectivity index (χ0v) is 13.6. The molecule has 128 valence electrons. The number of hydrogen-bond acceptors (Lipinski definition) is 3. The normalized spacial score (nSPS) is 10.9. The minimum atomic E-state index is -2.93. The lowest BCUT2D eigenvalue weighted by Gasteiger charge is -2.11. The third-order valence-corrected chi connectivity index (χ3v) is 3.84. The molecule has 4 nitrogen and oxygen atoms in total. The molecule has 1 heterocycles. The number of pyridine rings is 1. The van der Waals surface area contributed by atoms with Crippen LogP contribution in [0.5, 0.6) is 5.75 Å². The first-order chi connectivity index (χ1) is 12.0. The van der Waals surface area contributed by atoms with Gasteiger partial charge >= 0.3 is 6.61 Å². The van der Waals surface area contributed by atoms with Crippen LogP contribution < -0.4 is 10.1 Å². The van der Waals surface area contributed by atoms with Gasteiger partial charge in [0.05, 0.1) is 0 Å².